The zero-order valence-corrected chi connectivity index (χ0v) is 19.2. The van der Waals surface area contributed by atoms with E-state index in [2.05, 4.69) is 101 Å². The average molecular weight is 410 g/mol. The van der Waals surface area contributed by atoms with Gasteiger partial charge in [0.15, 0.2) is 5.78 Å². The summed E-state index contributed by atoms with van der Waals surface area (Å²) in [6.07, 6.45) is 1.50. The Morgan fingerprint density at radius 3 is 2.32 bits per heavy atom. The number of carbonyl (C=O) groups is 1. The number of allylic oxidation sites excluding steroid dienone is 2. The number of carbonyl (C=O) groups excluding carboxylic acids is 1. The Morgan fingerprint density at radius 1 is 0.903 bits per heavy atom. The van der Waals surface area contributed by atoms with E-state index < -0.39 is 0 Å². The van der Waals surface area contributed by atoms with Crippen LogP contribution in [0.15, 0.2) is 71.9 Å². The minimum absolute atomic E-state index is 0.0199. The zero-order valence-electron chi connectivity index (χ0n) is 19.2. The number of fused-ring (bicyclic) bond motifs is 3. The van der Waals surface area contributed by atoms with Crippen molar-refractivity contribution in [3.05, 3.63) is 88.6 Å². The van der Waals surface area contributed by atoms with Crippen LogP contribution in [0.3, 0.4) is 0 Å². The van der Waals surface area contributed by atoms with Crippen molar-refractivity contribution in [1.82, 2.24) is 0 Å². The lowest BCUT2D eigenvalue weighted by atomic mass is 9.68. The van der Waals surface area contributed by atoms with Crippen LogP contribution >= 0.6 is 0 Å². The third-order valence-corrected chi connectivity index (χ3v) is 6.87. The normalized spacial score (nSPS) is 20.3. The molecule has 0 saturated heterocycles. The summed E-state index contributed by atoms with van der Waals surface area (Å²) in [5.74, 6) is 0.260. The summed E-state index contributed by atoms with van der Waals surface area (Å²) in [4.78, 5) is 13.4. The molecule has 2 nitrogen and oxygen atoms in total. The molecule has 3 aromatic carbocycles. The van der Waals surface area contributed by atoms with E-state index in [-0.39, 0.29) is 22.5 Å². The molecule has 0 spiro atoms. The Morgan fingerprint density at radius 2 is 1.61 bits per heavy atom. The van der Waals surface area contributed by atoms with Crippen LogP contribution in [0.4, 0.5) is 5.69 Å². The van der Waals surface area contributed by atoms with Gasteiger partial charge in [-0.25, -0.2) is 0 Å². The zero-order chi connectivity index (χ0) is 22.0. The molecule has 2 heteroatoms. The Labute approximate surface area is 185 Å². The molecule has 158 valence electrons. The minimum Gasteiger partial charge on any atom is -0.358 e. The van der Waals surface area contributed by atoms with E-state index >= 15 is 0 Å². The minimum atomic E-state index is -0.0222. The van der Waals surface area contributed by atoms with Gasteiger partial charge in [-0.05, 0) is 39.3 Å². The van der Waals surface area contributed by atoms with Gasteiger partial charge >= 0.3 is 0 Å². The lowest BCUT2D eigenvalue weighted by molar-refractivity contribution is -0.118. The van der Waals surface area contributed by atoms with Gasteiger partial charge in [0, 0.05) is 29.0 Å². The van der Waals surface area contributed by atoms with Crippen molar-refractivity contribution < 1.29 is 4.79 Å². The van der Waals surface area contributed by atoms with Crippen LogP contribution in [-0.4, -0.2) is 5.78 Å². The fraction of sp³-hybridized carbons (Fsp3) is 0.345. The lowest BCUT2D eigenvalue weighted by Crippen LogP contribution is -2.33. The molecule has 2 aliphatic rings. The van der Waals surface area contributed by atoms with Gasteiger partial charge in [0.25, 0.3) is 0 Å². The molecule has 0 amide bonds. The highest BCUT2D eigenvalue weighted by Crippen LogP contribution is 2.50. The number of rotatable bonds is 1. The summed E-state index contributed by atoms with van der Waals surface area (Å²) in [6, 6.07) is 21.8. The summed E-state index contributed by atoms with van der Waals surface area (Å²) in [5, 5.41) is 6.17. The van der Waals surface area contributed by atoms with Crippen molar-refractivity contribution in [2.75, 3.05) is 5.32 Å². The number of Topliss-reactive ketones (excluding diaryl/α,β-unsaturated/α-hetero) is 1. The Bertz CT molecular complexity index is 1220. The quantitative estimate of drug-likeness (QED) is 0.455. The average Bonchev–Trinajstić information content (AvgIpc) is 2.71. The molecular weight excluding hydrogens is 378 g/mol. The first-order valence-corrected chi connectivity index (χ1v) is 11.3. The predicted octanol–water partition coefficient (Wildman–Crippen LogP) is 7.34. The molecule has 1 N–H and O–H groups in total. The Balaban J connectivity index is 1.74. The van der Waals surface area contributed by atoms with Crippen LogP contribution < -0.4 is 5.32 Å². The summed E-state index contributed by atoms with van der Waals surface area (Å²) in [5.41, 5.74) is 7.03. The first-order chi connectivity index (χ1) is 14.6. The molecular formula is C29H31NO. The molecule has 0 aromatic heterocycles. The maximum atomic E-state index is 13.4. The van der Waals surface area contributed by atoms with E-state index in [1.807, 2.05) is 0 Å². The molecule has 0 fully saturated rings. The number of hydrogen-bond acceptors (Lipinski definition) is 2. The van der Waals surface area contributed by atoms with E-state index in [0.29, 0.717) is 6.42 Å². The number of nitrogens with one attached hydrogen (secondary N) is 1. The van der Waals surface area contributed by atoms with Crippen LogP contribution in [0.25, 0.3) is 10.8 Å². The van der Waals surface area contributed by atoms with Gasteiger partial charge in [0.05, 0.1) is 5.69 Å². The van der Waals surface area contributed by atoms with E-state index in [0.717, 1.165) is 23.4 Å². The molecule has 1 heterocycles. The number of anilines is 1. The Hall–Kier alpha value is -2.87. The van der Waals surface area contributed by atoms with Gasteiger partial charge in [0.1, 0.15) is 0 Å². The predicted molar refractivity (Wildman–Crippen MR) is 130 cm³/mol. The lowest BCUT2D eigenvalue weighted by Gasteiger charge is -2.40. The number of ketones is 1. The van der Waals surface area contributed by atoms with E-state index in [4.69, 9.17) is 0 Å². The van der Waals surface area contributed by atoms with Gasteiger partial charge in [0.2, 0.25) is 0 Å². The molecule has 5 rings (SSSR count). The number of benzene rings is 3. The molecule has 0 bridgehead atoms. The van der Waals surface area contributed by atoms with Crippen LogP contribution in [0.1, 0.15) is 70.1 Å². The highest BCUT2D eigenvalue weighted by atomic mass is 16.1. The van der Waals surface area contributed by atoms with Crippen LogP contribution in [0.5, 0.6) is 0 Å². The molecule has 1 aliphatic heterocycles. The third-order valence-electron chi connectivity index (χ3n) is 6.87. The summed E-state index contributed by atoms with van der Waals surface area (Å²) < 4.78 is 0. The maximum absolute atomic E-state index is 13.4. The number of hydrogen-bond donors (Lipinski definition) is 1. The van der Waals surface area contributed by atoms with Crippen molar-refractivity contribution in [3.63, 3.8) is 0 Å². The maximum Gasteiger partial charge on any atom is 0.162 e. The molecule has 1 atom stereocenters. The van der Waals surface area contributed by atoms with E-state index in [1.54, 1.807) is 0 Å². The monoisotopic (exact) mass is 409 g/mol. The van der Waals surface area contributed by atoms with Crippen LogP contribution in [0, 0.1) is 5.41 Å². The first kappa shape index (κ1) is 20.1. The molecule has 31 heavy (non-hydrogen) atoms. The van der Waals surface area contributed by atoms with Crippen molar-refractivity contribution in [2.45, 2.75) is 58.8 Å². The first-order valence-electron chi connectivity index (χ1n) is 11.3. The fourth-order valence-electron chi connectivity index (χ4n) is 5.28. The highest BCUT2D eigenvalue weighted by molar-refractivity contribution is 6.05. The van der Waals surface area contributed by atoms with Crippen molar-refractivity contribution in [2.24, 2.45) is 5.41 Å². The van der Waals surface area contributed by atoms with E-state index in [1.165, 1.54) is 27.5 Å². The second-order valence-corrected chi connectivity index (χ2v) is 11.0. The second-order valence-electron chi connectivity index (χ2n) is 11.0. The van der Waals surface area contributed by atoms with Crippen molar-refractivity contribution in [3.8, 4) is 0 Å². The van der Waals surface area contributed by atoms with E-state index in [9.17, 15) is 4.79 Å². The fourth-order valence-corrected chi connectivity index (χ4v) is 5.28. The topological polar surface area (TPSA) is 29.1 Å². The smallest absolute Gasteiger partial charge is 0.162 e. The van der Waals surface area contributed by atoms with Gasteiger partial charge < -0.3 is 5.32 Å². The SMILES string of the molecule is CC1(C)CC(=O)C2=C(C1)Nc1c(ccc3ccccc13)C2c1ccc(C(C)(C)C)cc1. The second kappa shape index (κ2) is 6.82. The molecule has 0 radical (unpaired) electrons. The van der Waals surface area contributed by atoms with Crippen LogP contribution in [-0.2, 0) is 10.2 Å². The van der Waals surface area contributed by atoms with Crippen molar-refractivity contribution in [1.29, 1.82) is 0 Å². The summed E-state index contributed by atoms with van der Waals surface area (Å²) >= 11 is 0. The van der Waals surface area contributed by atoms with Gasteiger partial charge in [-0.1, -0.05) is 95.3 Å². The standard InChI is InChI=1S/C29H31NO/c1-28(2,3)20-13-10-19(11-14-20)25-22-15-12-18-8-6-7-9-21(18)27(22)30-23-16-29(4,5)17-24(31)26(23)25/h6-15,25,30H,16-17H2,1-5H3. The molecule has 3 aromatic rings. The summed E-state index contributed by atoms with van der Waals surface area (Å²) in [7, 11) is 0. The van der Waals surface area contributed by atoms with Gasteiger partial charge in [-0.15, -0.1) is 0 Å². The summed E-state index contributed by atoms with van der Waals surface area (Å²) in [6.45, 7) is 11.1. The highest BCUT2D eigenvalue weighted by Gasteiger charge is 2.41. The van der Waals surface area contributed by atoms with Gasteiger partial charge in [-0.3, -0.25) is 4.79 Å². The molecule has 1 aliphatic carbocycles. The van der Waals surface area contributed by atoms with Crippen LogP contribution in [0.2, 0.25) is 0 Å². The molecule has 1 unspecified atom stereocenters. The molecule has 0 saturated carbocycles. The third kappa shape index (κ3) is 3.39. The van der Waals surface area contributed by atoms with Gasteiger partial charge in [-0.2, -0.15) is 0 Å². The van der Waals surface area contributed by atoms with Crippen molar-refractivity contribution >= 4 is 22.2 Å². The Kier molecular flexibility index (Phi) is 4.41. The largest absolute Gasteiger partial charge is 0.358 e.